The molecule has 0 aromatic heterocycles. The van der Waals surface area contributed by atoms with Crippen LogP contribution in [0, 0.1) is 23.7 Å². The van der Waals surface area contributed by atoms with Crippen LogP contribution in [0.4, 0.5) is 0 Å². The molecule has 358 valence electrons. The molecule has 0 bridgehead atoms. The number of hydrogen-bond acceptors (Lipinski definition) is 10. The van der Waals surface area contributed by atoms with Gasteiger partial charge in [0.15, 0.2) is 0 Å². The second kappa shape index (κ2) is 25.8. The Hall–Kier alpha value is -6.37. The lowest BCUT2D eigenvalue weighted by molar-refractivity contribution is -0.146. The third-order valence-corrected chi connectivity index (χ3v) is 11.1. The molecule has 19 heteroatoms. The van der Waals surface area contributed by atoms with Gasteiger partial charge in [0, 0.05) is 26.5 Å². The van der Waals surface area contributed by atoms with Crippen LogP contribution in [0.3, 0.4) is 0 Å². The van der Waals surface area contributed by atoms with Gasteiger partial charge in [-0.1, -0.05) is 95.3 Å². The lowest BCUT2D eigenvalue weighted by atomic mass is 9.94. The van der Waals surface area contributed by atoms with E-state index in [0.717, 1.165) is 16.0 Å². The van der Waals surface area contributed by atoms with Crippen LogP contribution in [0.5, 0.6) is 0 Å². The second-order valence-electron chi connectivity index (χ2n) is 17.0. The average Bonchev–Trinajstić information content (AvgIpc) is 3.24. The van der Waals surface area contributed by atoms with Crippen molar-refractivity contribution < 1.29 is 58.1 Å². The number of hydrogen-bond donors (Lipinski definition) is 8. The quantitative estimate of drug-likeness (QED) is 0.104. The average molecular weight is 910 g/mol. The molecule has 0 saturated carbocycles. The molecule has 1 saturated heterocycles. The van der Waals surface area contributed by atoms with Crippen molar-refractivity contribution in [1.82, 2.24) is 36.8 Å². The third-order valence-electron chi connectivity index (χ3n) is 11.1. The Bertz CT molecular complexity index is 1970. The number of amides is 7. The van der Waals surface area contributed by atoms with Crippen LogP contribution in [0.1, 0.15) is 80.2 Å². The molecule has 0 aliphatic carbocycles. The number of methoxy groups -OCH3 is 1. The molecule has 10 atom stereocenters. The number of benzene rings is 1. The van der Waals surface area contributed by atoms with E-state index in [2.05, 4.69) is 38.5 Å². The first-order valence-electron chi connectivity index (χ1n) is 21.5. The Balaban J connectivity index is 2.65. The van der Waals surface area contributed by atoms with Crippen LogP contribution < -0.4 is 31.9 Å². The molecule has 1 aliphatic rings. The molecule has 8 N–H and O–H groups in total. The van der Waals surface area contributed by atoms with Crippen molar-refractivity contribution >= 4 is 53.3 Å². The maximum absolute atomic E-state index is 14.0. The highest BCUT2D eigenvalue weighted by Gasteiger charge is 2.37. The second-order valence-corrected chi connectivity index (χ2v) is 17.0. The van der Waals surface area contributed by atoms with Gasteiger partial charge >= 0.3 is 11.9 Å². The molecule has 0 radical (unpaired) electrons. The Morgan fingerprint density at radius 2 is 1.35 bits per heavy atom. The molecule has 7 amide bonds. The minimum Gasteiger partial charge on any atom is -0.481 e. The monoisotopic (exact) mass is 909 g/mol. The lowest BCUT2D eigenvalue weighted by Gasteiger charge is -2.29. The summed E-state index contributed by atoms with van der Waals surface area (Å²) in [7, 11) is 2.79. The van der Waals surface area contributed by atoms with E-state index in [9.17, 15) is 53.4 Å². The van der Waals surface area contributed by atoms with E-state index in [4.69, 9.17) is 4.74 Å². The fourth-order valence-electron chi connectivity index (χ4n) is 6.86. The Morgan fingerprint density at radius 1 is 0.785 bits per heavy atom. The number of aliphatic carboxylic acids is 2. The first kappa shape index (κ1) is 54.8. The number of allylic oxidation sites excluding steroid dienone is 2. The first-order valence-corrected chi connectivity index (χ1v) is 21.5. The van der Waals surface area contributed by atoms with Gasteiger partial charge in [-0.05, 0) is 51.5 Å². The number of carboxylic acid groups (broad SMARTS) is 2. The van der Waals surface area contributed by atoms with Crippen molar-refractivity contribution in [2.45, 2.75) is 123 Å². The maximum Gasteiger partial charge on any atom is 0.327 e. The van der Waals surface area contributed by atoms with Crippen LogP contribution in [-0.4, -0.2) is 125 Å². The fourth-order valence-corrected chi connectivity index (χ4v) is 6.86. The van der Waals surface area contributed by atoms with Crippen molar-refractivity contribution in [3.8, 4) is 0 Å². The van der Waals surface area contributed by atoms with Crippen molar-refractivity contribution in [1.29, 1.82) is 0 Å². The summed E-state index contributed by atoms with van der Waals surface area (Å²) in [6.45, 7) is 16.3. The van der Waals surface area contributed by atoms with Crippen molar-refractivity contribution in [3.63, 3.8) is 0 Å². The Labute approximate surface area is 380 Å². The largest absolute Gasteiger partial charge is 0.481 e. The van der Waals surface area contributed by atoms with Crippen LogP contribution in [0.2, 0.25) is 0 Å². The number of nitrogens with zero attached hydrogens (tertiary/aromatic N) is 1. The molecule has 5 unspecified atom stereocenters. The summed E-state index contributed by atoms with van der Waals surface area (Å²) in [4.78, 5) is 120. The lowest BCUT2D eigenvalue weighted by Crippen LogP contribution is -2.58. The summed E-state index contributed by atoms with van der Waals surface area (Å²) in [5, 5.41) is 34.6. The third kappa shape index (κ3) is 17.3. The standard InChI is InChI=1S/C46H67N7O12/c1-24(2)21-35-44(61)52-38(46(63)64)28(6)40(57)47-29(7)41(58)49-33(18-17-25(3)22-26(4)36(65-11)23-32-15-13-12-14-16-32)27(5)39(56)50-34(19-20-37(54)55)45(62)53(10)31(9)43(60)48-30(8)42(59)51-35/h12-18,22,24,26-30,33-36,38H,9,19-21,23H2,1-8,10-11H3,(H,47,57)(H,48,60)(H,49,58)(H,50,56)(H,51,59)(H,52,61)(H,54,55)(H,63,64)/b18-17+,25-22+/t26?,27?,28-,29-,30+,33?,34+,35-,36?,38?/m0/s1. The van der Waals surface area contributed by atoms with E-state index in [-0.39, 0.29) is 24.4 Å². The smallest absolute Gasteiger partial charge is 0.327 e. The van der Waals surface area contributed by atoms with Gasteiger partial charge in [-0.3, -0.25) is 38.4 Å². The Morgan fingerprint density at radius 3 is 1.92 bits per heavy atom. The van der Waals surface area contributed by atoms with Gasteiger partial charge in [-0.2, -0.15) is 0 Å². The predicted octanol–water partition coefficient (Wildman–Crippen LogP) is 1.58. The number of ether oxygens (including phenoxy) is 1. The van der Waals surface area contributed by atoms with Crippen molar-refractivity contribution in [3.05, 3.63) is 72.0 Å². The zero-order valence-corrected chi connectivity index (χ0v) is 38.9. The van der Waals surface area contributed by atoms with Crippen LogP contribution in [0.15, 0.2) is 66.4 Å². The molecule has 0 spiro atoms. The molecule has 65 heavy (non-hydrogen) atoms. The van der Waals surface area contributed by atoms with Gasteiger partial charge < -0.3 is 51.8 Å². The van der Waals surface area contributed by atoms with Gasteiger partial charge in [-0.25, -0.2) is 4.79 Å². The van der Waals surface area contributed by atoms with E-state index in [1.54, 1.807) is 33.1 Å². The molecular formula is C46H67N7O12. The van der Waals surface area contributed by atoms with Crippen LogP contribution in [0.25, 0.3) is 0 Å². The summed E-state index contributed by atoms with van der Waals surface area (Å²) in [5.41, 5.74) is 1.34. The topological polar surface area (TPSA) is 279 Å². The van der Waals surface area contributed by atoms with Crippen LogP contribution >= 0.6 is 0 Å². The summed E-state index contributed by atoms with van der Waals surface area (Å²) >= 11 is 0. The number of likely N-dealkylation sites (N-methyl/N-ethyl adjacent to an activating group) is 1. The molecule has 1 aromatic rings. The van der Waals surface area contributed by atoms with Gasteiger partial charge in [-0.15, -0.1) is 0 Å². The normalized spacial score (nSPS) is 26.3. The zero-order chi connectivity index (χ0) is 49.3. The summed E-state index contributed by atoms with van der Waals surface area (Å²) in [5.74, 6) is -12.0. The number of carboxylic acids is 2. The van der Waals surface area contributed by atoms with Crippen molar-refractivity contribution in [2.24, 2.45) is 23.7 Å². The summed E-state index contributed by atoms with van der Waals surface area (Å²) < 4.78 is 5.79. The number of carbonyl (C=O) groups excluding carboxylic acids is 7. The van der Waals surface area contributed by atoms with Gasteiger partial charge in [0.1, 0.15) is 35.9 Å². The van der Waals surface area contributed by atoms with Gasteiger partial charge in [0.05, 0.1) is 24.0 Å². The highest BCUT2D eigenvalue weighted by Crippen LogP contribution is 2.19. The minimum atomic E-state index is -1.81. The number of rotatable bonds is 13. The highest BCUT2D eigenvalue weighted by molar-refractivity contribution is 6.01. The molecular weight excluding hydrogens is 843 g/mol. The van der Waals surface area contributed by atoms with Gasteiger partial charge in [0.2, 0.25) is 35.4 Å². The molecule has 19 nitrogen and oxygen atoms in total. The van der Waals surface area contributed by atoms with Gasteiger partial charge in [0.25, 0.3) is 5.91 Å². The SMILES string of the molecule is C=C1C(=O)N[C@H](C)C(=O)N[C@@H](CC(C)C)C(=O)NC(C(=O)O)[C@H](C)C(=O)N[C@@H](C)C(=O)NC(/C=C/C(C)=C/C(C)C(Cc2ccccc2)OC)C(C)C(=O)N[C@H](CCC(=O)O)C(=O)N1C. The van der Waals surface area contributed by atoms with E-state index >= 15 is 0 Å². The zero-order valence-electron chi connectivity index (χ0n) is 38.9. The molecule has 1 fully saturated rings. The van der Waals surface area contributed by atoms with E-state index in [1.807, 2.05) is 50.3 Å². The molecule has 2 rings (SSSR count). The Kier molecular flexibility index (Phi) is 21.7. The maximum atomic E-state index is 14.0. The van der Waals surface area contributed by atoms with E-state index in [1.165, 1.54) is 34.7 Å². The van der Waals surface area contributed by atoms with E-state index < -0.39 is 120 Å². The number of nitrogens with one attached hydrogen (secondary N) is 6. The van der Waals surface area contributed by atoms with Crippen molar-refractivity contribution in [2.75, 3.05) is 14.2 Å². The fraction of sp³-hybridized carbons (Fsp3) is 0.543. The number of carbonyl (C=O) groups is 9. The molecule has 1 aromatic carbocycles. The van der Waals surface area contributed by atoms with E-state index in [0.29, 0.717) is 6.42 Å². The predicted molar refractivity (Wildman–Crippen MR) is 240 cm³/mol. The molecule has 1 heterocycles. The summed E-state index contributed by atoms with van der Waals surface area (Å²) in [6.07, 6.45) is 4.68. The highest BCUT2D eigenvalue weighted by atomic mass is 16.5. The summed E-state index contributed by atoms with van der Waals surface area (Å²) in [6, 6.07) is 1.39. The van der Waals surface area contributed by atoms with Crippen LogP contribution in [-0.2, 0) is 54.3 Å². The minimum absolute atomic E-state index is 0.0278. The molecule has 1 aliphatic heterocycles. The first-order chi connectivity index (χ1) is 30.4.